The van der Waals surface area contributed by atoms with Crippen molar-refractivity contribution in [3.63, 3.8) is 0 Å². The number of anilines is 2. The first-order valence-corrected chi connectivity index (χ1v) is 11.1. The highest BCUT2D eigenvalue weighted by molar-refractivity contribution is 7.13. The number of pyridine rings is 1. The van der Waals surface area contributed by atoms with Gasteiger partial charge in [0.25, 0.3) is 0 Å². The average molecular weight is 423 g/mol. The van der Waals surface area contributed by atoms with Gasteiger partial charge in [0.15, 0.2) is 5.13 Å². The molecule has 0 spiro atoms. The molecule has 7 heteroatoms. The summed E-state index contributed by atoms with van der Waals surface area (Å²) in [5.74, 6) is 1.02. The Morgan fingerprint density at radius 3 is 2.87 bits per heavy atom. The second-order valence-corrected chi connectivity index (χ2v) is 8.37. The summed E-state index contributed by atoms with van der Waals surface area (Å²) >= 11 is 1.56. The maximum Gasteiger partial charge on any atom is 0.223 e. The molecule has 4 rings (SSSR count). The SMILES string of the molecule is COc1ccc(CCC(=O)N2CCC[C@H]2c2cc(Nc3nccs3)cc(C)n2)cc1. The Balaban J connectivity index is 1.44. The van der Waals surface area contributed by atoms with Gasteiger partial charge in [-0.15, -0.1) is 11.3 Å². The van der Waals surface area contributed by atoms with Crippen LogP contribution < -0.4 is 10.1 Å². The lowest BCUT2D eigenvalue weighted by Gasteiger charge is -2.25. The van der Waals surface area contributed by atoms with E-state index in [0.717, 1.165) is 59.3 Å². The van der Waals surface area contributed by atoms with Crippen molar-refractivity contribution in [1.82, 2.24) is 14.9 Å². The fourth-order valence-electron chi connectivity index (χ4n) is 3.91. The standard InChI is InChI=1S/C23H26N4O2S/c1-16-14-18(26-23-24-11-13-30-23)15-20(25-16)21-4-3-12-27(21)22(28)10-7-17-5-8-19(29-2)9-6-17/h5-6,8-9,11,13-15,21H,3-4,7,10,12H2,1-2H3,(H,24,25,26)/t21-/m0/s1. The van der Waals surface area contributed by atoms with Gasteiger partial charge in [-0.2, -0.15) is 0 Å². The summed E-state index contributed by atoms with van der Waals surface area (Å²) in [5.41, 5.74) is 3.99. The molecule has 0 saturated carbocycles. The van der Waals surface area contributed by atoms with E-state index < -0.39 is 0 Å². The van der Waals surface area contributed by atoms with Crippen LogP contribution in [0, 0.1) is 6.92 Å². The lowest BCUT2D eigenvalue weighted by molar-refractivity contribution is -0.132. The number of ether oxygens (including phenoxy) is 1. The fraction of sp³-hybridized carbons (Fsp3) is 0.348. The van der Waals surface area contributed by atoms with Crippen molar-refractivity contribution in [2.24, 2.45) is 0 Å². The summed E-state index contributed by atoms with van der Waals surface area (Å²) in [7, 11) is 1.66. The van der Waals surface area contributed by atoms with Gasteiger partial charge in [-0.25, -0.2) is 4.98 Å². The number of carbonyl (C=O) groups is 1. The van der Waals surface area contributed by atoms with Crippen molar-refractivity contribution in [2.45, 2.75) is 38.6 Å². The quantitative estimate of drug-likeness (QED) is 0.587. The number of nitrogens with zero attached hydrogens (tertiary/aromatic N) is 3. The van der Waals surface area contributed by atoms with Gasteiger partial charge >= 0.3 is 0 Å². The first-order chi connectivity index (χ1) is 14.6. The van der Waals surface area contributed by atoms with Gasteiger partial charge in [0.05, 0.1) is 18.8 Å². The lowest BCUT2D eigenvalue weighted by atomic mass is 10.1. The van der Waals surface area contributed by atoms with E-state index in [1.165, 1.54) is 0 Å². The molecule has 0 bridgehead atoms. The Kier molecular flexibility index (Phi) is 6.28. The second kappa shape index (κ2) is 9.26. The maximum absolute atomic E-state index is 13.0. The third-order valence-corrected chi connectivity index (χ3v) is 6.05. The van der Waals surface area contributed by atoms with Crippen LogP contribution in [0.4, 0.5) is 10.8 Å². The molecular weight excluding hydrogens is 396 g/mol. The van der Waals surface area contributed by atoms with Crippen LogP contribution >= 0.6 is 11.3 Å². The van der Waals surface area contributed by atoms with Gasteiger partial charge in [-0.05, 0) is 56.0 Å². The van der Waals surface area contributed by atoms with E-state index in [-0.39, 0.29) is 11.9 Å². The second-order valence-electron chi connectivity index (χ2n) is 7.48. The number of amides is 1. The molecule has 3 heterocycles. The summed E-state index contributed by atoms with van der Waals surface area (Å²) in [6.07, 6.45) is 4.95. The van der Waals surface area contributed by atoms with Crippen molar-refractivity contribution >= 4 is 28.1 Å². The number of benzene rings is 1. The molecule has 1 saturated heterocycles. The van der Waals surface area contributed by atoms with Crippen LogP contribution in [0.3, 0.4) is 0 Å². The lowest BCUT2D eigenvalue weighted by Crippen LogP contribution is -2.31. The number of nitrogens with one attached hydrogen (secondary N) is 1. The van der Waals surface area contributed by atoms with Crippen molar-refractivity contribution in [3.05, 3.63) is 64.9 Å². The molecule has 1 N–H and O–H groups in total. The van der Waals surface area contributed by atoms with Crippen LogP contribution in [0.5, 0.6) is 5.75 Å². The van der Waals surface area contributed by atoms with E-state index in [4.69, 9.17) is 9.72 Å². The third-order valence-electron chi connectivity index (χ3n) is 5.36. The van der Waals surface area contributed by atoms with E-state index in [9.17, 15) is 4.79 Å². The number of carbonyl (C=O) groups excluding carboxylic acids is 1. The smallest absolute Gasteiger partial charge is 0.223 e. The van der Waals surface area contributed by atoms with Crippen molar-refractivity contribution in [1.29, 1.82) is 0 Å². The largest absolute Gasteiger partial charge is 0.497 e. The van der Waals surface area contributed by atoms with Crippen molar-refractivity contribution in [3.8, 4) is 5.75 Å². The Bertz CT molecular complexity index is 989. The van der Waals surface area contributed by atoms with Crippen LogP contribution in [0.1, 0.15) is 42.3 Å². The minimum atomic E-state index is 0.0325. The van der Waals surface area contributed by atoms with Crippen LogP contribution in [0.15, 0.2) is 48.0 Å². The average Bonchev–Trinajstić information content (AvgIpc) is 3.44. The van der Waals surface area contributed by atoms with E-state index in [2.05, 4.69) is 10.3 Å². The zero-order valence-electron chi connectivity index (χ0n) is 17.3. The monoisotopic (exact) mass is 422 g/mol. The van der Waals surface area contributed by atoms with Gasteiger partial charge in [0.1, 0.15) is 5.75 Å². The van der Waals surface area contributed by atoms with Gasteiger partial charge in [0.2, 0.25) is 5.91 Å². The van der Waals surface area contributed by atoms with E-state index >= 15 is 0 Å². The van der Waals surface area contributed by atoms with Gasteiger partial charge in [0, 0.05) is 35.9 Å². The minimum Gasteiger partial charge on any atom is -0.497 e. The number of hydrogen-bond donors (Lipinski definition) is 1. The normalized spacial score (nSPS) is 15.9. The Morgan fingerprint density at radius 1 is 1.30 bits per heavy atom. The van der Waals surface area contributed by atoms with Crippen molar-refractivity contribution < 1.29 is 9.53 Å². The summed E-state index contributed by atoms with van der Waals surface area (Å²) < 4.78 is 5.20. The van der Waals surface area contributed by atoms with Gasteiger partial charge in [-0.3, -0.25) is 9.78 Å². The zero-order valence-corrected chi connectivity index (χ0v) is 18.1. The molecule has 0 unspecified atom stereocenters. The predicted molar refractivity (Wildman–Crippen MR) is 119 cm³/mol. The topological polar surface area (TPSA) is 67.3 Å². The number of hydrogen-bond acceptors (Lipinski definition) is 6. The molecule has 1 aliphatic rings. The summed E-state index contributed by atoms with van der Waals surface area (Å²) in [6.45, 7) is 2.78. The molecule has 1 fully saturated rings. The number of thiazole rings is 1. The summed E-state index contributed by atoms with van der Waals surface area (Å²) in [5, 5.41) is 6.14. The highest BCUT2D eigenvalue weighted by atomic mass is 32.1. The predicted octanol–water partition coefficient (Wildman–Crippen LogP) is 4.90. The molecule has 6 nitrogen and oxygen atoms in total. The van der Waals surface area contributed by atoms with E-state index in [1.807, 2.05) is 53.6 Å². The van der Waals surface area contributed by atoms with E-state index in [0.29, 0.717) is 6.42 Å². The fourth-order valence-corrected chi connectivity index (χ4v) is 4.45. The molecule has 30 heavy (non-hydrogen) atoms. The molecule has 0 aliphatic carbocycles. The Hall–Kier alpha value is -2.93. The van der Waals surface area contributed by atoms with Crippen molar-refractivity contribution in [2.75, 3.05) is 19.0 Å². The number of rotatable bonds is 7. The Labute approximate surface area is 180 Å². The minimum absolute atomic E-state index is 0.0325. The molecule has 1 atom stereocenters. The third kappa shape index (κ3) is 4.79. The highest BCUT2D eigenvalue weighted by Gasteiger charge is 2.31. The highest BCUT2D eigenvalue weighted by Crippen LogP contribution is 2.33. The first kappa shape index (κ1) is 20.3. The van der Waals surface area contributed by atoms with Crippen LogP contribution in [0.2, 0.25) is 0 Å². The van der Waals surface area contributed by atoms with Crippen LogP contribution in [0.25, 0.3) is 0 Å². The molecular formula is C23H26N4O2S. The number of likely N-dealkylation sites (tertiary alicyclic amines) is 1. The first-order valence-electron chi connectivity index (χ1n) is 10.2. The molecule has 1 amide bonds. The van der Waals surface area contributed by atoms with Crippen LogP contribution in [-0.4, -0.2) is 34.4 Å². The number of aromatic nitrogens is 2. The maximum atomic E-state index is 13.0. The van der Waals surface area contributed by atoms with E-state index in [1.54, 1.807) is 24.6 Å². The summed E-state index contributed by atoms with van der Waals surface area (Å²) in [6, 6.07) is 12.0. The molecule has 1 aliphatic heterocycles. The molecule has 2 aromatic heterocycles. The van der Waals surface area contributed by atoms with Gasteiger partial charge in [-0.1, -0.05) is 12.1 Å². The molecule has 156 valence electrons. The molecule has 0 radical (unpaired) electrons. The number of aryl methyl sites for hydroxylation is 2. The van der Waals surface area contributed by atoms with Gasteiger partial charge < -0.3 is 15.0 Å². The molecule has 1 aromatic carbocycles. The summed E-state index contributed by atoms with van der Waals surface area (Å²) in [4.78, 5) is 24.0. The zero-order chi connectivity index (χ0) is 20.9. The Morgan fingerprint density at radius 2 is 2.13 bits per heavy atom. The number of methoxy groups -OCH3 is 1. The van der Waals surface area contributed by atoms with Crippen LogP contribution in [-0.2, 0) is 11.2 Å². The molecule has 3 aromatic rings.